The molecular formula is C17H17NO3. The molecule has 3 aromatic rings. The number of hydrogen-bond donors (Lipinski definition) is 2. The fourth-order valence-corrected chi connectivity index (χ4v) is 3.30. The van der Waals surface area contributed by atoms with Crippen LogP contribution < -0.4 is 0 Å². The number of benzene rings is 2. The lowest BCUT2D eigenvalue weighted by Crippen LogP contribution is -2.44. The fraction of sp³-hybridized carbons (Fsp3) is 0.294. The molecule has 0 saturated carbocycles. The molecule has 2 N–H and O–H groups in total. The highest BCUT2D eigenvalue weighted by Gasteiger charge is 2.34. The summed E-state index contributed by atoms with van der Waals surface area (Å²) in [4.78, 5) is 0. The highest BCUT2D eigenvalue weighted by Crippen LogP contribution is 2.34. The SMILES string of the molecule is OC1COCC(n2c3ccccc3c3ccccc32)C1O. The number of aromatic nitrogens is 1. The van der Waals surface area contributed by atoms with Gasteiger partial charge >= 0.3 is 0 Å². The predicted octanol–water partition coefficient (Wildman–Crippen LogP) is 2.09. The van der Waals surface area contributed by atoms with Crippen molar-refractivity contribution in [2.24, 2.45) is 0 Å². The van der Waals surface area contributed by atoms with Gasteiger partial charge in [-0.05, 0) is 12.1 Å². The van der Waals surface area contributed by atoms with Crippen molar-refractivity contribution in [2.45, 2.75) is 18.2 Å². The molecular weight excluding hydrogens is 266 g/mol. The minimum absolute atomic E-state index is 0.189. The maximum Gasteiger partial charge on any atom is 0.105 e. The Bertz CT molecular complexity index is 742. The Morgan fingerprint density at radius 1 is 0.857 bits per heavy atom. The molecule has 1 saturated heterocycles. The van der Waals surface area contributed by atoms with Crippen molar-refractivity contribution in [3.63, 3.8) is 0 Å². The van der Waals surface area contributed by atoms with Crippen molar-refractivity contribution in [3.8, 4) is 0 Å². The Morgan fingerprint density at radius 2 is 1.43 bits per heavy atom. The van der Waals surface area contributed by atoms with E-state index in [-0.39, 0.29) is 12.6 Å². The number of aliphatic hydroxyl groups excluding tert-OH is 2. The average molecular weight is 283 g/mol. The van der Waals surface area contributed by atoms with Crippen LogP contribution in [0, 0.1) is 0 Å². The van der Waals surface area contributed by atoms with E-state index in [0.29, 0.717) is 6.61 Å². The van der Waals surface area contributed by atoms with E-state index in [2.05, 4.69) is 16.7 Å². The normalized spacial score (nSPS) is 26.5. The van der Waals surface area contributed by atoms with Gasteiger partial charge in [-0.2, -0.15) is 0 Å². The largest absolute Gasteiger partial charge is 0.388 e. The zero-order chi connectivity index (χ0) is 14.4. The van der Waals surface area contributed by atoms with E-state index in [0.717, 1.165) is 21.8 Å². The van der Waals surface area contributed by atoms with Gasteiger partial charge in [-0.25, -0.2) is 0 Å². The van der Waals surface area contributed by atoms with Crippen molar-refractivity contribution in [2.75, 3.05) is 13.2 Å². The molecule has 1 fully saturated rings. The summed E-state index contributed by atoms with van der Waals surface area (Å²) in [5.41, 5.74) is 2.11. The lowest BCUT2D eigenvalue weighted by Gasteiger charge is -2.33. The zero-order valence-electron chi connectivity index (χ0n) is 11.5. The average Bonchev–Trinajstić information content (AvgIpc) is 2.85. The van der Waals surface area contributed by atoms with Crippen LogP contribution in [0.3, 0.4) is 0 Å². The number of para-hydroxylation sites is 2. The van der Waals surface area contributed by atoms with Crippen molar-refractivity contribution in [3.05, 3.63) is 48.5 Å². The molecule has 0 spiro atoms. The Morgan fingerprint density at radius 3 is 2.05 bits per heavy atom. The standard InChI is InChI=1S/C17H17NO3/c19-16-10-21-9-15(17(16)20)18-13-7-3-1-5-11(13)12-6-2-4-8-14(12)18/h1-8,15-17,19-20H,9-10H2. The van der Waals surface area contributed by atoms with Crippen molar-refractivity contribution in [1.29, 1.82) is 0 Å². The van der Waals surface area contributed by atoms with Gasteiger partial charge in [-0.15, -0.1) is 0 Å². The lowest BCUT2D eigenvalue weighted by atomic mass is 10.0. The topological polar surface area (TPSA) is 54.6 Å². The summed E-state index contributed by atoms with van der Waals surface area (Å²) < 4.78 is 7.55. The summed E-state index contributed by atoms with van der Waals surface area (Å²) in [7, 11) is 0. The van der Waals surface area contributed by atoms with Crippen LogP contribution in [0.15, 0.2) is 48.5 Å². The molecule has 0 aliphatic carbocycles. The van der Waals surface area contributed by atoms with Crippen LogP contribution >= 0.6 is 0 Å². The number of nitrogens with zero attached hydrogens (tertiary/aromatic N) is 1. The quantitative estimate of drug-likeness (QED) is 0.719. The van der Waals surface area contributed by atoms with Gasteiger partial charge in [0.15, 0.2) is 0 Å². The van der Waals surface area contributed by atoms with E-state index >= 15 is 0 Å². The Balaban J connectivity index is 2.01. The number of hydrogen-bond acceptors (Lipinski definition) is 3. The minimum Gasteiger partial charge on any atom is -0.388 e. The molecule has 1 aliphatic rings. The van der Waals surface area contributed by atoms with Gasteiger partial charge in [0.05, 0.1) is 19.3 Å². The van der Waals surface area contributed by atoms with E-state index in [4.69, 9.17) is 4.74 Å². The summed E-state index contributed by atoms with van der Waals surface area (Å²) in [6, 6.07) is 16.0. The Kier molecular flexibility index (Phi) is 2.96. The summed E-state index contributed by atoms with van der Waals surface area (Å²) in [6.07, 6.45) is -1.67. The van der Waals surface area contributed by atoms with Gasteiger partial charge in [-0.3, -0.25) is 0 Å². The van der Waals surface area contributed by atoms with E-state index in [9.17, 15) is 10.2 Å². The maximum atomic E-state index is 10.4. The first kappa shape index (κ1) is 12.8. The van der Waals surface area contributed by atoms with E-state index in [1.54, 1.807) is 0 Å². The van der Waals surface area contributed by atoms with Gasteiger partial charge in [-0.1, -0.05) is 36.4 Å². The molecule has 21 heavy (non-hydrogen) atoms. The van der Waals surface area contributed by atoms with Crippen LogP contribution in [0.25, 0.3) is 21.8 Å². The molecule has 2 aromatic carbocycles. The highest BCUT2D eigenvalue weighted by molar-refractivity contribution is 6.08. The minimum atomic E-state index is -0.844. The fourth-order valence-electron chi connectivity index (χ4n) is 3.30. The smallest absolute Gasteiger partial charge is 0.105 e. The van der Waals surface area contributed by atoms with Crippen LogP contribution in [0.1, 0.15) is 6.04 Å². The number of rotatable bonds is 1. The Hall–Kier alpha value is -1.88. The number of fused-ring (bicyclic) bond motifs is 3. The molecule has 4 rings (SSSR count). The second-order valence-electron chi connectivity index (χ2n) is 5.57. The monoisotopic (exact) mass is 283 g/mol. The van der Waals surface area contributed by atoms with Crippen molar-refractivity contribution in [1.82, 2.24) is 4.57 Å². The molecule has 1 aliphatic heterocycles. The van der Waals surface area contributed by atoms with Gasteiger partial charge < -0.3 is 19.5 Å². The predicted molar refractivity (Wildman–Crippen MR) is 81.3 cm³/mol. The molecule has 4 heteroatoms. The number of aliphatic hydroxyl groups is 2. The molecule has 0 bridgehead atoms. The third kappa shape index (κ3) is 1.87. The molecule has 2 heterocycles. The Labute approximate surface area is 122 Å². The molecule has 3 unspecified atom stereocenters. The molecule has 108 valence electrons. The highest BCUT2D eigenvalue weighted by atomic mass is 16.5. The van der Waals surface area contributed by atoms with Crippen molar-refractivity contribution >= 4 is 21.8 Å². The second-order valence-corrected chi connectivity index (χ2v) is 5.57. The van der Waals surface area contributed by atoms with Gasteiger partial charge in [0.2, 0.25) is 0 Å². The van der Waals surface area contributed by atoms with Crippen LogP contribution in [0.5, 0.6) is 0 Å². The van der Waals surface area contributed by atoms with Gasteiger partial charge in [0.1, 0.15) is 12.2 Å². The van der Waals surface area contributed by atoms with Crippen LogP contribution in [-0.4, -0.2) is 40.2 Å². The molecule has 4 nitrogen and oxygen atoms in total. The lowest BCUT2D eigenvalue weighted by molar-refractivity contribution is -0.113. The van der Waals surface area contributed by atoms with Crippen molar-refractivity contribution < 1.29 is 14.9 Å². The summed E-state index contributed by atoms with van der Waals surface area (Å²) in [5.74, 6) is 0. The first-order chi connectivity index (χ1) is 10.3. The molecule has 0 radical (unpaired) electrons. The molecule has 1 aromatic heterocycles. The summed E-state index contributed by atoms with van der Waals surface area (Å²) in [6.45, 7) is 0.593. The van der Waals surface area contributed by atoms with Crippen LogP contribution in [0.2, 0.25) is 0 Å². The van der Waals surface area contributed by atoms with Gasteiger partial charge in [0.25, 0.3) is 0 Å². The number of ether oxygens (including phenoxy) is 1. The summed E-state index contributed by atoms with van der Waals surface area (Å²) >= 11 is 0. The van der Waals surface area contributed by atoms with Gasteiger partial charge in [0, 0.05) is 21.8 Å². The third-order valence-electron chi connectivity index (χ3n) is 4.31. The van der Waals surface area contributed by atoms with E-state index in [1.165, 1.54) is 0 Å². The maximum absolute atomic E-state index is 10.4. The van der Waals surface area contributed by atoms with Crippen LogP contribution in [-0.2, 0) is 4.74 Å². The zero-order valence-corrected chi connectivity index (χ0v) is 11.5. The molecule has 3 atom stereocenters. The first-order valence-corrected chi connectivity index (χ1v) is 7.19. The van der Waals surface area contributed by atoms with Crippen LogP contribution in [0.4, 0.5) is 0 Å². The van der Waals surface area contributed by atoms with E-state index in [1.807, 2.05) is 36.4 Å². The summed E-state index contributed by atoms with van der Waals surface area (Å²) in [5, 5.41) is 22.6. The third-order valence-corrected chi connectivity index (χ3v) is 4.31. The molecule has 0 amide bonds. The second kappa shape index (κ2) is 4.84. The van der Waals surface area contributed by atoms with E-state index < -0.39 is 12.2 Å². The first-order valence-electron chi connectivity index (χ1n) is 7.19.